The third-order valence-corrected chi connectivity index (χ3v) is 3.62. The van der Waals surface area contributed by atoms with E-state index in [1.165, 1.54) is 13.0 Å². The average Bonchev–Trinajstić information content (AvgIpc) is 3.10. The molecule has 0 saturated carbocycles. The molecule has 0 spiro atoms. The van der Waals surface area contributed by atoms with Crippen LogP contribution < -0.4 is 5.32 Å². The molecule has 3 aromatic rings. The molecule has 7 nitrogen and oxygen atoms in total. The zero-order valence-electron chi connectivity index (χ0n) is 14.4. The Labute approximate surface area is 154 Å². The van der Waals surface area contributed by atoms with E-state index in [4.69, 9.17) is 14.4 Å². The Hall–Kier alpha value is -3.92. The van der Waals surface area contributed by atoms with Crippen molar-refractivity contribution in [1.29, 1.82) is 5.26 Å². The molecular formula is C20H15N3O4. The first-order valence-corrected chi connectivity index (χ1v) is 8.10. The monoisotopic (exact) mass is 361 g/mol. The number of para-hydroxylation sites is 2. The van der Waals surface area contributed by atoms with Gasteiger partial charge in [0.2, 0.25) is 5.89 Å². The number of hydrogen-bond acceptors (Lipinski definition) is 6. The van der Waals surface area contributed by atoms with Gasteiger partial charge < -0.3 is 14.5 Å². The standard InChI is InChI=1S/C20H15N3O4/c1-13(20(25)22-15-8-6-14(12-21)7-9-15)26-19(24)11-10-18-23-16-4-2-3-5-17(16)27-18/h2-11,13H,1H3,(H,22,25)/b11-10+/t13-/m1/s1. The fourth-order valence-electron chi connectivity index (χ4n) is 2.24. The normalized spacial score (nSPS) is 11.9. The molecular weight excluding hydrogens is 346 g/mol. The summed E-state index contributed by atoms with van der Waals surface area (Å²) >= 11 is 0. The lowest BCUT2D eigenvalue weighted by molar-refractivity contribution is -0.148. The lowest BCUT2D eigenvalue weighted by Gasteiger charge is -2.12. The van der Waals surface area contributed by atoms with E-state index in [1.807, 2.05) is 18.2 Å². The van der Waals surface area contributed by atoms with Crippen LogP contribution in [-0.4, -0.2) is 23.0 Å². The van der Waals surface area contributed by atoms with Gasteiger partial charge in [-0.1, -0.05) is 12.1 Å². The number of anilines is 1. The summed E-state index contributed by atoms with van der Waals surface area (Å²) in [4.78, 5) is 28.2. The van der Waals surface area contributed by atoms with Crippen LogP contribution >= 0.6 is 0 Å². The van der Waals surface area contributed by atoms with Gasteiger partial charge in [0.25, 0.3) is 5.91 Å². The summed E-state index contributed by atoms with van der Waals surface area (Å²) in [5.74, 6) is -0.911. The number of fused-ring (bicyclic) bond motifs is 1. The molecule has 1 amide bonds. The minimum atomic E-state index is -0.999. The second kappa shape index (κ2) is 7.97. The highest BCUT2D eigenvalue weighted by Crippen LogP contribution is 2.15. The van der Waals surface area contributed by atoms with Crippen LogP contribution in [0.25, 0.3) is 17.2 Å². The Bertz CT molecular complexity index is 1010. The Morgan fingerprint density at radius 1 is 1.22 bits per heavy atom. The van der Waals surface area contributed by atoms with Crippen LogP contribution in [0.4, 0.5) is 5.69 Å². The van der Waals surface area contributed by atoms with Crippen LogP contribution in [0, 0.1) is 11.3 Å². The predicted molar refractivity (Wildman–Crippen MR) is 98.4 cm³/mol. The molecule has 0 unspecified atom stereocenters. The van der Waals surface area contributed by atoms with Crippen molar-refractivity contribution in [2.24, 2.45) is 0 Å². The Morgan fingerprint density at radius 3 is 2.67 bits per heavy atom. The van der Waals surface area contributed by atoms with Crippen molar-refractivity contribution in [3.8, 4) is 6.07 Å². The third kappa shape index (κ3) is 4.58. The highest BCUT2D eigenvalue weighted by molar-refractivity contribution is 5.96. The first-order chi connectivity index (χ1) is 13.0. The van der Waals surface area contributed by atoms with Crippen LogP contribution in [0.3, 0.4) is 0 Å². The van der Waals surface area contributed by atoms with Gasteiger partial charge in [0.1, 0.15) is 5.52 Å². The number of nitrogens with zero attached hydrogens (tertiary/aromatic N) is 2. The minimum absolute atomic E-state index is 0.267. The van der Waals surface area contributed by atoms with Crippen molar-refractivity contribution < 1.29 is 18.7 Å². The van der Waals surface area contributed by atoms with E-state index in [1.54, 1.807) is 36.4 Å². The van der Waals surface area contributed by atoms with Crippen molar-refractivity contribution in [2.75, 3.05) is 5.32 Å². The highest BCUT2D eigenvalue weighted by atomic mass is 16.5. The number of nitriles is 1. The van der Waals surface area contributed by atoms with Gasteiger partial charge >= 0.3 is 5.97 Å². The van der Waals surface area contributed by atoms with Crippen LogP contribution in [-0.2, 0) is 14.3 Å². The predicted octanol–water partition coefficient (Wildman–Crippen LogP) is 3.28. The zero-order valence-corrected chi connectivity index (χ0v) is 14.4. The lowest BCUT2D eigenvalue weighted by Crippen LogP contribution is -2.29. The van der Waals surface area contributed by atoms with Gasteiger partial charge in [0, 0.05) is 17.8 Å². The Morgan fingerprint density at radius 2 is 1.96 bits per heavy atom. The number of amides is 1. The number of esters is 1. The Kier molecular flexibility index (Phi) is 5.28. The molecule has 1 aromatic heterocycles. The number of benzene rings is 2. The summed E-state index contributed by atoms with van der Waals surface area (Å²) in [6.07, 6.45) is 1.53. The van der Waals surface area contributed by atoms with Crippen molar-refractivity contribution in [1.82, 2.24) is 4.98 Å². The maximum Gasteiger partial charge on any atom is 0.331 e. The van der Waals surface area contributed by atoms with E-state index in [0.29, 0.717) is 22.4 Å². The van der Waals surface area contributed by atoms with Crippen molar-refractivity contribution in [3.63, 3.8) is 0 Å². The number of rotatable bonds is 5. The smallest absolute Gasteiger partial charge is 0.331 e. The van der Waals surface area contributed by atoms with E-state index in [0.717, 1.165) is 6.08 Å². The van der Waals surface area contributed by atoms with E-state index in [9.17, 15) is 9.59 Å². The van der Waals surface area contributed by atoms with E-state index in [-0.39, 0.29) is 5.89 Å². The molecule has 0 aliphatic heterocycles. The molecule has 0 bridgehead atoms. The molecule has 0 aliphatic rings. The molecule has 0 radical (unpaired) electrons. The molecule has 134 valence electrons. The number of oxazole rings is 1. The van der Waals surface area contributed by atoms with E-state index < -0.39 is 18.0 Å². The van der Waals surface area contributed by atoms with Gasteiger partial charge in [-0.2, -0.15) is 5.26 Å². The number of nitrogens with one attached hydrogen (secondary N) is 1. The maximum absolute atomic E-state index is 12.1. The Balaban J connectivity index is 1.55. The van der Waals surface area contributed by atoms with Crippen molar-refractivity contribution >= 4 is 34.7 Å². The zero-order chi connectivity index (χ0) is 19.2. The fraction of sp³-hybridized carbons (Fsp3) is 0.100. The van der Waals surface area contributed by atoms with Gasteiger partial charge in [-0.3, -0.25) is 4.79 Å². The van der Waals surface area contributed by atoms with Crippen LogP contribution in [0.2, 0.25) is 0 Å². The molecule has 0 saturated heterocycles. The van der Waals surface area contributed by atoms with Crippen molar-refractivity contribution in [2.45, 2.75) is 13.0 Å². The number of carbonyl (C=O) groups is 2. The summed E-state index contributed by atoms with van der Waals surface area (Å²) in [6.45, 7) is 1.46. The summed E-state index contributed by atoms with van der Waals surface area (Å²) in [7, 11) is 0. The molecule has 27 heavy (non-hydrogen) atoms. The molecule has 3 rings (SSSR count). The molecule has 2 aromatic carbocycles. The minimum Gasteiger partial charge on any atom is -0.449 e. The average molecular weight is 361 g/mol. The first kappa shape index (κ1) is 17.9. The summed E-state index contributed by atoms with van der Waals surface area (Å²) in [6, 6.07) is 15.6. The third-order valence-electron chi connectivity index (χ3n) is 3.62. The summed E-state index contributed by atoms with van der Waals surface area (Å²) < 4.78 is 10.5. The lowest BCUT2D eigenvalue weighted by atomic mass is 10.2. The van der Waals surface area contributed by atoms with Gasteiger partial charge in [-0.15, -0.1) is 0 Å². The van der Waals surface area contributed by atoms with Gasteiger partial charge in [0.05, 0.1) is 11.6 Å². The second-order valence-electron chi connectivity index (χ2n) is 5.61. The van der Waals surface area contributed by atoms with E-state index in [2.05, 4.69) is 10.3 Å². The second-order valence-corrected chi connectivity index (χ2v) is 5.61. The number of ether oxygens (including phenoxy) is 1. The molecule has 1 atom stereocenters. The summed E-state index contributed by atoms with van der Waals surface area (Å²) in [5, 5.41) is 11.4. The topological polar surface area (TPSA) is 105 Å². The largest absolute Gasteiger partial charge is 0.449 e. The first-order valence-electron chi connectivity index (χ1n) is 8.10. The number of carbonyl (C=O) groups excluding carboxylic acids is 2. The van der Waals surface area contributed by atoms with Crippen LogP contribution in [0.1, 0.15) is 18.4 Å². The molecule has 0 fully saturated rings. The maximum atomic E-state index is 12.1. The van der Waals surface area contributed by atoms with Crippen LogP contribution in [0.15, 0.2) is 59.0 Å². The van der Waals surface area contributed by atoms with Gasteiger partial charge in [-0.05, 0) is 43.3 Å². The SMILES string of the molecule is C[C@@H](OC(=O)/C=C/c1nc2ccccc2o1)C(=O)Nc1ccc(C#N)cc1. The van der Waals surface area contributed by atoms with Gasteiger partial charge in [0.15, 0.2) is 11.7 Å². The molecule has 1 N–H and O–H groups in total. The number of hydrogen-bond donors (Lipinski definition) is 1. The quantitative estimate of drug-likeness (QED) is 0.552. The number of aromatic nitrogens is 1. The van der Waals surface area contributed by atoms with Gasteiger partial charge in [-0.25, -0.2) is 9.78 Å². The molecule has 0 aliphatic carbocycles. The molecule has 7 heteroatoms. The molecule has 1 heterocycles. The van der Waals surface area contributed by atoms with E-state index >= 15 is 0 Å². The van der Waals surface area contributed by atoms with Crippen molar-refractivity contribution in [3.05, 3.63) is 66.1 Å². The summed E-state index contributed by atoms with van der Waals surface area (Å²) in [5.41, 5.74) is 2.28. The fourth-order valence-corrected chi connectivity index (χ4v) is 2.24. The van der Waals surface area contributed by atoms with Crippen LogP contribution in [0.5, 0.6) is 0 Å². The highest BCUT2D eigenvalue weighted by Gasteiger charge is 2.16.